The molecule has 1 N–H and O–H groups in total. The van der Waals surface area contributed by atoms with E-state index in [0.717, 1.165) is 22.4 Å². The maximum absolute atomic E-state index is 12.2. The van der Waals surface area contributed by atoms with Crippen molar-refractivity contribution in [3.8, 4) is 11.5 Å². The maximum Gasteiger partial charge on any atom is 0.277 e. The van der Waals surface area contributed by atoms with Crippen LogP contribution in [-0.2, 0) is 17.0 Å². The highest BCUT2D eigenvalue weighted by molar-refractivity contribution is 7.98. The predicted octanol–water partition coefficient (Wildman–Crippen LogP) is 4.00. The normalized spacial score (nSPS) is 10.9. The zero-order valence-corrected chi connectivity index (χ0v) is 17.8. The summed E-state index contributed by atoms with van der Waals surface area (Å²) in [5.74, 6) is 1.62. The number of hydrogen-bond acceptors (Lipinski definition) is 9. The fourth-order valence-electron chi connectivity index (χ4n) is 2.84. The molecule has 31 heavy (non-hydrogen) atoms. The molecule has 0 radical (unpaired) electrons. The van der Waals surface area contributed by atoms with Gasteiger partial charge in [-0.3, -0.25) is 9.78 Å². The Kier molecular flexibility index (Phi) is 6.37. The van der Waals surface area contributed by atoms with Crippen LogP contribution in [0.1, 0.15) is 29.3 Å². The third kappa shape index (κ3) is 5.54. The maximum atomic E-state index is 12.2. The van der Waals surface area contributed by atoms with Crippen LogP contribution in [0.2, 0.25) is 0 Å². The number of carbonyl (C=O) groups excluding carboxylic acids is 1. The largest absolute Gasteiger partial charge is 0.411 e. The number of aromatic nitrogens is 5. The highest BCUT2D eigenvalue weighted by Gasteiger charge is 2.13. The molecule has 3 heterocycles. The van der Waals surface area contributed by atoms with E-state index in [1.54, 1.807) is 18.5 Å². The SMILES string of the molecule is Cc1ccc(NC(=O)CCc2nc(CSc3nnc(-c4cccnc4)o3)no2)c(C)c1. The summed E-state index contributed by atoms with van der Waals surface area (Å²) in [5.41, 5.74) is 3.74. The number of anilines is 1. The van der Waals surface area contributed by atoms with E-state index in [9.17, 15) is 4.79 Å². The highest BCUT2D eigenvalue weighted by Crippen LogP contribution is 2.24. The molecule has 0 bridgehead atoms. The summed E-state index contributed by atoms with van der Waals surface area (Å²) in [6.07, 6.45) is 3.95. The van der Waals surface area contributed by atoms with Gasteiger partial charge in [0.1, 0.15) is 0 Å². The first-order valence-electron chi connectivity index (χ1n) is 9.62. The van der Waals surface area contributed by atoms with Crippen molar-refractivity contribution in [1.82, 2.24) is 25.3 Å². The van der Waals surface area contributed by atoms with Gasteiger partial charge in [0.25, 0.3) is 5.22 Å². The zero-order chi connectivity index (χ0) is 21.6. The van der Waals surface area contributed by atoms with E-state index in [1.807, 2.05) is 38.1 Å². The number of nitrogens with zero attached hydrogens (tertiary/aromatic N) is 5. The van der Waals surface area contributed by atoms with Crippen molar-refractivity contribution < 1.29 is 13.7 Å². The van der Waals surface area contributed by atoms with Gasteiger partial charge in [0.2, 0.25) is 17.7 Å². The van der Waals surface area contributed by atoms with E-state index >= 15 is 0 Å². The van der Waals surface area contributed by atoms with Crippen molar-refractivity contribution >= 4 is 23.4 Å². The van der Waals surface area contributed by atoms with E-state index in [-0.39, 0.29) is 12.3 Å². The average molecular weight is 436 g/mol. The molecule has 9 nitrogen and oxygen atoms in total. The molecule has 0 atom stereocenters. The molecule has 0 saturated heterocycles. The number of amides is 1. The molecule has 0 fully saturated rings. The van der Waals surface area contributed by atoms with Crippen molar-refractivity contribution in [1.29, 1.82) is 0 Å². The van der Waals surface area contributed by atoms with E-state index in [0.29, 0.717) is 35.0 Å². The molecule has 0 spiro atoms. The summed E-state index contributed by atoms with van der Waals surface area (Å²) in [4.78, 5) is 20.6. The second-order valence-electron chi connectivity index (χ2n) is 6.87. The summed E-state index contributed by atoms with van der Waals surface area (Å²) in [6, 6.07) is 9.54. The number of benzene rings is 1. The van der Waals surface area contributed by atoms with Crippen LogP contribution in [0.25, 0.3) is 11.5 Å². The van der Waals surface area contributed by atoms with Gasteiger partial charge in [-0.2, -0.15) is 4.98 Å². The minimum Gasteiger partial charge on any atom is -0.411 e. The minimum absolute atomic E-state index is 0.102. The first-order chi connectivity index (χ1) is 15.1. The standard InChI is InChI=1S/C21H20N6O3S/c1-13-5-6-16(14(2)10-13)23-18(28)7-8-19-24-17(27-30-19)12-31-21-26-25-20(29-21)15-4-3-9-22-11-15/h3-6,9-11H,7-8,12H2,1-2H3,(H,23,28). The predicted molar refractivity (Wildman–Crippen MR) is 114 cm³/mol. The Hall–Kier alpha value is -3.53. The summed E-state index contributed by atoms with van der Waals surface area (Å²) in [7, 11) is 0. The molecular weight excluding hydrogens is 416 g/mol. The molecule has 0 aliphatic heterocycles. The lowest BCUT2D eigenvalue weighted by Crippen LogP contribution is -2.13. The molecule has 0 saturated carbocycles. The van der Waals surface area contributed by atoms with Gasteiger partial charge in [-0.1, -0.05) is 34.6 Å². The van der Waals surface area contributed by atoms with E-state index in [2.05, 4.69) is 30.6 Å². The van der Waals surface area contributed by atoms with Crippen molar-refractivity contribution in [2.75, 3.05) is 5.32 Å². The number of thioether (sulfide) groups is 1. The second kappa shape index (κ2) is 9.52. The minimum atomic E-state index is -0.102. The third-order valence-electron chi connectivity index (χ3n) is 4.37. The number of carbonyl (C=O) groups is 1. The highest BCUT2D eigenvalue weighted by atomic mass is 32.2. The third-order valence-corrected chi connectivity index (χ3v) is 5.19. The molecule has 0 unspecified atom stereocenters. The fourth-order valence-corrected chi connectivity index (χ4v) is 3.44. The van der Waals surface area contributed by atoms with Gasteiger partial charge in [0.15, 0.2) is 5.82 Å². The molecule has 1 amide bonds. The molecule has 0 aliphatic rings. The number of hydrogen-bond donors (Lipinski definition) is 1. The van der Waals surface area contributed by atoms with Gasteiger partial charge in [0.05, 0.1) is 11.3 Å². The lowest BCUT2D eigenvalue weighted by molar-refractivity contribution is -0.116. The Morgan fingerprint density at radius 3 is 2.90 bits per heavy atom. The Morgan fingerprint density at radius 2 is 2.10 bits per heavy atom. The molecule has 1 aromatic carbocycles. The van der Waals surface area contributed by atoms with Crippen molar-refractivity contribution in [3.05, 3.63) is 65.6 Å². The summed E-state index contributed by atoms with van der Waals surface area (Å²) in [6.45, 7) is 3.98. The molecule has 3 aromatic heterocycles. The summed E-state index contributed by atoms with van der Waals surface area (Å²) in [5, 5.41) is 15.3. The van der Waals surface area contributed by atoms with Gasteiger partial charge in [-0.15, -0.1) is 10.2 Å². The van der Waals surface area contributed by atoms with Gasteiger partial charge in [-0.05, 0) is 37.6 Å². The molecule has 0 aliphatic carbocycles. The topological polar surface area (TPSA) is 120 Å². The monoisotopic (exact) mass is 436 g/mol. The first kappa shape index (κ1) is 20.7. The average Bonchev–Trinajstić information content (AvgIpc) is 3.43. The molecule has 4 rings (SSSR count). The lowest BCUT2D eigenvalue weighted by atomic mass is 10.1. The van der Waals surface area contributed by atoms with Crippen LogP contribution in [0, 0.1) is 13.8 Å². The molecule has 4 aromatic rings. The van der Waals surface area contributed by atoms with Crippen LogP contribution in [0.15, 0.2) is 56.9 Å². The fraction of sp³-hybridized carbons (Fsp3) is 0.238. The second-order valence-corrected chi connectivity index (χ2v) is 7.80. The number of nitrogens with one attached hydrogen (secondary N) is 1. The van der Waals surface area contributed by atoms with Crippen LogP contribution < -0.4 is 5.32 Å². The molecule has 10 heteroatoms. The lowest BCUT2D eigenvalue weighted by Gasteiger charge is -2.08. The summed E-state index contributed by atoms with van der Waals surface area (Å²) < 4.78 is 10.9. The first-order valence-corrected chi connectivity index (χ1v) is 10.6. The van der Waals surface area contributed by atoms with Crippen molar-refractivity contribution in [2.45, 2.75) is 37.7 Å². The van der Waals surface area contributed by atoms with E-state index < -0.39 is 0 Å². The Morgan fingerprint density at radius 1 is 1.19 bits per heavy atom. The summed E-state index contributed by atoms with van der Waals surface area (Å²) >= 11 is 1.31. The number of rotatable bonds is 8. The van der Waals surface area contributed by atoms with Gasteiger partial charge < -0.3 is 14.3 Å². The number of aryl methyl sites for hydroxylation is 3. The van der Waals surface area contributed by atoms with Crippen molar-refractivity contribution in [2.24, 2.45) is 0 Å². The van der Waals surface area contributed by atoms with Crippen LogP contribution in [0.5, 0.6) is 0 Å². The van der Waals surface area contributed by atoms with E-state index in [1.165, 1.54) is 11.8 Å². The van der Waals surface area contributed by atoms with Crippen LogP contribution in [-0.4, -0.2) is 31.2 Å². The van der Waals surface area contributed by atoms with Crippen LogP contribution in [0.4, 0.5) is 5.69 Å². The van der Waals surface area contributed by atoms with Gasteiger partial charge >= 0.3 is 0 Å². The Labute approximate surface area is 182 Å². The van der Waals surface area contributed by atoms with E-state index in [4.69, 9.17) is 8.94 Å². The van der Waals surface area contributed by atoms with Crippen LogP contribution >= 0.6 is 11.8 Å². The smallest absolute Gasteiger partial charge is 0.277 e. The Balaban J connectivity index is 1.26. The molecular formula is C21H20N6O3S. The quantitative estimate of drug-likeness (QED) is 0.409. The van der Waals surface area contributed by atoms with Crippen LogP contribution in [0.3, 0.4) is 0 Å². The van der Waals surface area contributed by atoms with Crippen molar-refractivity contribution in [3.63, 3.8) is 0 Å². The zero-order valence-electron chi connectivity index (χ0n) is 17.0. The van der Waals surface area contributed by atoms with Gasteiger partial charge in [-0.25, -0.2) is 0 Å². The molecule has 158 valence electrons. The Bertz CT molecular complexity index is 1170. The van der Waals surface area contributed by atoms with Gasteiger partial charge in [0, 0.05) is 30.9 Å². The number of pyridine rings is 1.